The Hall–Kier alpha value is -2.15. The van der Waals surface area contributed by atoms with Crippen LogP contribution < -0.4 is 0 Å². The fourth-order valence-electron chi connectivity index (χ4n) is 1.33. The quantitative estimate of drug-likeness (QED) is 0.582. The van der Waals surface area contributed by atoms with Crippen molar-refractivity contribution in [3.8, 4) is 0 Å². The lowest BCUT2D eigenvalue weighted by Gasteiger charge is -2.19. The largest absolute Gasteiger partial charge is 0.468 e. The summed E-state index contributed by atoms with van der Waals surface area (Å²) in [5.41, 5.74) is 0.0188. The van der Waals surface area contributed by atoms with Crippen LogP contribution in [0.4, 0.5) is 0 Å². The molecule has 1 rings (SSSR count). The number of carbonyl (C=O) groups is 3. The van der Waals surface area contributed by atoms with Gasteiger partial charge in [0.15, 0.2) is 0 Å². The average Bonchev–Trinajstić information content (AvgIpc) is 2.45. The zero-order valence-corrected chi connectivity index (χ0v) is 11.7. The predicted octanol–water partition coefficient (Wildman–Crippen LogP) is 0.523. The summed E-state index contributed by atoms with van der Waals surface area (Å²) in [7, 11) is 2.36. The Kier molecular flexibility index (Phi) is 5.92. The number of nitrogens with zero attached hydrogens (tertiary/aromatic N) is 2. The highest BCUT2D eigenvalue weighted by atomic mass is 35.5. The second kappa shape index (κ2) is 7.44. The van der Waals surface area contributed by atoms with Crippen LogP contribution in [0.25, 0.3) is 0 Å². The summed E-state index contributed by atoms with van der Waals surface area (Å²) in [6.07, 6.45) is 0. The lowest BCUT2D eigenvalue weighted by molar-refractivity contribution is -0.144. The van der Waals surface area contributed by atoms with Gasteiger partial charge in [-0.3, -0.25) is 14.4 Å². The van der Waals surface area contributed by atoms with Crippen LogP contribution in [0.3, 0.4) is 0 Å². The van der Waals surface area contributed by atoms with Crippen LogP contribution in [0.2, 0.25) is 5.15 Å². The molecule has 0 fully saturated rings. The molecule has 1 heterocycles. The van der Waals surface area contributed by atoms with E-state index >= 15 is 0 Å². The summed E-state index contributed by atoms with van der Waals surface area (Å²) in [5, 5.41) is 0.131. The maximum Gasteiger partial charge on any atom is 0.325 e. The number of ether oxygens (including phenoxy) is 2. The van der Waals surface area contributed by atoms with Gasteiger partial charge in [-0.2, -0.15) is 0 Å². The molecule has 0 aliphatic heterocycles. The van der Waals surface area contributed by atoms with E-state index in [2.05, 4.69) is 14.5 Å². The Balaban J connectivity index is 2.93. The molecule has 0 atom stereocenters. The van der Waals surface area contributed by atoms with Crippen molar-refractivity contribution in [2.24, 2.45) is 0 Å². The molecular formula is C12H13ClN2O5. The smallest absolute Gasteiger partial charge is 0.325 e. The first-order chi connectivity index (χ1) is 9.47. The topological polar surface area (TPSA) is 85.8 Å². The zero-order valence-electron chi connectivity index (χ0n) is 11.0. The number of esters is 2. The van der Waals surface area contributed by atoms with E-state index in [0.29, 0.717) is 0 Å². The average molecular weight is 301 g/mol. The van der Waals surface area contributed by atoms with Gasteiger partial charge >= 0.3 is 11.9 Å². The number of hydrogen-bond donors (Lipinski definition) is 0. The molecule has 0 bridgehead atoms. The summed E-state index contributed by atoms with van der Waals surface area (Å²) >= 11 is 5.69. The number of aromatic nitrogens is 1. The molecule has 0 unspecified atom stereocenters. The lowest BCUT2D eigenvalue weighted by Crippen LogP contribution is -2.40. The third-order valence-electron chi connectivity index (χ3n) is 2.32. The first-order valence-electron chi connectivity index (χ1n) is 5.53. The monoisotopic (exact) mass is 300 g/mol. The van der Waals surface area contributed by atoms with E-state index in [9.17, 15) is 14.4 Å². The van der Waals surface area contributed by atoms with E-state index in [4.69, 9.17) is 11.6 Å². The van der Waals surface area contributed by atoms with Crippen molar-refractivity contribution in [3.63, 3.8) is 0 Å². The highest BCUT2D eigenvalue weighted by molar-refractivity contribution is 6.29. The molecule has 1 aromatic heterocycles. The second-order valence-electron chi connectivity index (χ2n) is 3.66. The lowest BCUT2D eigenvalue weighted by atomic mass is 10.3. The third kappa shape index (κ3) is 4.51. The van der Waals surface area contributed by atoms with E-state index in [1.807, 2.05) is 0 Å². The van der Waals surface area contributed by atoms with Crippen molar-refractivity contribution in [3.05, 3.63) is 29.0 Å². The van der Waals surface area contributed by atoms with Crippen LogP contribution in [0.5, 0.6) is 0 Å². The number of rotatable bonds is 5. The van der Waals surface area contributed by atoms with Crippen molar-refractivity contribution >= 4 is 29.4 Å². The molecule has 20 heavy (non-hydrogen) atoms. The molecule has 0 aliphatic carbocycles. The summed E-state index contributed by atoms with van der Waals surface area (Å²) in [5.74, 6) is -1.95. The number of pyridine rings is 1. The number of carbonyl (C=O) groups excluding carboxylic acids is 3. The highest BCUT2D eigenvalue weighted by Gasteiger charge is 2.23. The minimum atomic E-state index is -0.663. The van der Waals surface area contributed by atoms with Gasteiger partial charge in [-0.05, 0) is 12.1 Å². The van der Waals surface area contributed by atoms with Crippen molar-refractivity contribution in [2.45, 2.75) is 0 Å². The SMILES string of the molecule is COC(=O)CN(CC(=O)OC)C(=O)c1cccc(Cl)n1. The Morgan fingerprint density at radius 3 is 2.15 bits per heavy atom. The van der Waals surface area contributed by atoms with Crippen molar-refractivity contribution < 1.29 is 23.9 Å². The van der Waals surface area contributed by atoms with Gasteiger partial charge in [-0.1, -0.05) is 17.7 Å². The summed E-state index contributed by atoms with van der Waals surface area (Å²) in [6, 6.07) is 4.47. The molecule has 0 aromatic carbocycles. The van der Waals surface area contributed by atoms with Crippen LogP contribution in [0.15, 0.2) is 18.2 Å². The van der Waals surface area contributed by atoms with Crippen molar-refractivity contribution in [2.75, 3.05) is 27.3 Å². The first kappa shape index (κ1) is 15.9. The van der Waals surface area contributed by atoms with Crippen LogP contribution in [0, 0.1) is 0 Å². The van der Waals surface area contributed by atoms with Crippen LogP contribution in [-0.4, -0.2) is 55.0 Å². The maximum absolute atomic E-state index is 12.2. The summed E-state index contributed by atoms with van der Waals surface area (Å²) < 4.78 is 8.95. The van der Waals surface area contributed by atoms with Gasteiger partial charge in [-0.15, -0.1) is 0 Å². The van der Waals surface area contributed by atoms with E-state index < -0.39 is 30.9 Å². The number of halogens is 1. The molecule has 108 valence electrons. The zero-order chi connectivity index (χ0) is 15.1. The molecule has 1 amide bonds. The Labute approximate surface area is 120 Å². The molecular weight excluding hydrogens is 288 g/mol. The first-order valence-corrected chi connectivity index (χ1v) is 5.91. The van der Waals surface area contributed by atoms with Gasteiger partial charge in [0.1, 0.15) is 23.9 Å². The standard InChI is InChI=1S/C12H13ClN2O5/c1-19-10(16)6-15(7-11(17)20-2)12(18)8-4-3-5-9(13)14-8/h3-5H,6-7H2,1-2H3. The Morgan fingerprint density at radius 2 is 1.70 bits per heavy atom. The molecule has 0 saturated carbocycles. The molecule has 0 spiro atoms. The van der Waals surface area contributed by atoms with Gasteiger partial charge in [0, 0.05) is 0 Å². The van der Waals surface area contributed by atoms with Crippen molar-refractivity contribution in [1.29, 1.82) is 0 Å². The van der Waals surface area contributed by atoms with Crippen LogP contribution in [0.1, 0.15) is 10.5 Å². The van der Waals surface area contributed by atoms with Gasteiger partial charge in [0.25, 0.3) is 5.91 Å². The normalized spacial score (nSPS) is 9.75. The summed E-state index contributed by atoms with van der Waals surface area (Å²) in [6.45, 7) is -0.781. The van der Waals surface area contributed by atoms with E-state index in [1.165, 1.54) is 32.4 Å². The molecule has 0 N–H and O–H groups in total. The van der Waals surface area contributed by atoms with Crippen LogP contribution >= 0.6 is 11.6 Å². The third-order valence-corrected chi connectivity index (χ3v) is 2.53. The summed E-state index contributed by atoms with van der Waals surface area (Å²) in [4.78, 5) is 39.5. The van der Waals surface area contributed by atoms with Gasteiger partial charge in [0.05, 0.1) is 14.2 Å². The van der Waals surface area contributed by atoms with Gasteiger partial charge < -0.3 is 14.4 Å². The van der Waals surface area contributed by atoms with E-state index in [1.54, 1.807) is 0 Å². The number of hydrogen-bond acceptors (Lipinski definition) is 6. The fourth-order valence-corrected chi connectivity index (χ4v) is 1.49. The van der Waals surface area contributed by atoms with E-state index in [0.717, 1.165) is 4.90 Å². The van der Waals surface area contributed by atoms with Crippen molar-refractivity contribution in [1.82, 2.24) is 9.88 Å². The van der Waals surface area contributed by atoms with Gasteiger partial charge in [-0.25, -0.2) is 4.98 Å². The molecule has 0 radical (unpaired) electrons. The fraction of sp³-hybridized carbons (Fsp3) is 0.333. The van der Waals surface area contributed by atoms with E-state index in [-0.39, 0.29) is 10.8 Å². The minimum absolute atomic E-state index is 0.0188. The molecule has 0 aliphatic rings. The Bertz CT molecular complexity index is 502. The van der Waals surface area contributed by atoms with Gasteiger partial charge in [0.2, 0.25) is 0 Å². The molecule has 8 heteroatoms. The minimum Gasteiger partial charge on any atom is -0.468 e. The molecule has 1 aromatic rings. The number of amides is 1. The predicted molar refractivity (Wildman–Crippen MR) is 69.2 cm³/mol. The molecule has 7 nitrogen and oxygen atoms in total. The number of methoxy groups -OCH3 is 2. The van der Waals surface area contributed by atoms with Crippen LogP contribution in [-0.2, 0) is 19.1 Å². The highest BCUT2D eigenvalue weighted by Crippen LogP contribution is 2.08. The second-order valence-corrected chi connectivity index (χ2v) is 4.05. The Morgan fingerprint density at radius 1 is 1.15 bits per heavy atom. The molecule has 0 saturated heterocycles. The maximum atomic E-state index is 12.2.